The van der Waals surface area contributed by atoms with Crippen LogP contribution in [0.5, 0.6) is 0 Å². The Labute approximate surface area is 112 Å². The van der Waals surface area contributed by atoms with Crippen molar-refractivity contribution in [3.63, 3.8) is 0 Å². The maximum atomic E-state index is 11.1. The van der Waals surface area contributed by atoms with Crippen LogP contribution in [0.4, 0.5) is 0 Å². The van der Waals surface area contributed by atoms with Crippen LogP contribution in [-0.2, 0) is 6.54 Å². The van der Waals surface area contributed by atoms with Gasteiger partial charge in [-0.25, -0.2) is 4.79 Å². The van der Waals surface area contributed by atoms with Gasteiger partial charge in [-0.15, -0.1) is 0 Å². The van der Waals surface area contributed by atoms with E-state index in [9.17, 15) is 4.79 Å². The summed E-state index contributed by atoms with van der Waals surface area (Å²) in [7, 11) is 0. The topological polar surface area (TPSA) is 49.3 Å². The maximum absolute atomic E-state index is 11.1. The van der Waals surface area contributed by atoms with Crippen molar-refractivity contribution in [1.29, 1.82) is 0 Å². The quantitative estimate of drug-likeness (QED) is 0.830. The molecule has 0 heterocycles. The lowest BCUT2D eigenvalue weighted by Crippen LogP contribution is -2.43. The molecular weight excluding hydrogens is 246 g/mol. The molecule has 4 heteroatoms. The molecule has 0 aromatic heterocycles. The largest absolute Gasteiger partial charge is 0.478 e. The van der Waals surface area contributed by atoms with Gasteiger partial charge in [0.05, 0.1) is 5.56 Å². The summed E-state index contributed by atoms with van der Waals surface area (Å²) in [4.78, 5) is 11.1. The first-order valence-electron chi connectivity index (χ1n) is 6.24. The monoisotopic (exact) mass is 265 g/mol. The SMILES string of the molecule is CSC1(CNCc2ccccc2C(=O)O)CCC1. The van der Waals surface area contributed by atoms with Crippen LogP contribution in [0.25, 0.3) is 0 Å². The van der Waals surface area contributed by atoms with Gasteiger partial charge in [-0.2, -0.15) is 11.8 Å². The van der Waals surface area contributed by atoms with E-state index >= 15 is 0 Å². The molecule has 0 unspecified atom stereocenters. The molecule has 1 fully saturated rings. The molecule has 2 rings (SSSR count). The second-order valence-corrected chi connectivity index (χ2v) is 6.08. The van der Waals surface area contributed by atoms with E-state index in [2.05, 4.69) is 11.6 Å². The average Bonchev–Trinajstić information content (AvgIpc) is 2.33. The van der Waals surface area contributed by atoms with E-state index in [0.29, 0.717) is 16.9 Å². The van der Waals surface area contributed by atoms with Crippen LogP contribution in [0.15, 0.2) is 24.3 Å². The highest BCUT2D eigenvalue weighted by Crippen LogP contribution is 2.42. The van der Waals surface area contributed by atoms with Crippen molar-refractivity contribution in [2.75, 3.05) is 12.8 Å². The zero-order chi connectivity index (χ0) is 13.0. The minimum Gasteiger partial charge on any atom is -0.478 e. The van der Waals surface area contributed by atoms with Gasteiger partial charge in [-0.1, -0.05) is 24.6 Å². The third-order valence-corrected chi connectivity index (χ3v) is 5.13. The molecule has 1 aromatic rings. The van der Waals surface area contributed by atoms with Crippen LogP contribution in [0, 0.1) is 0 Å². The van der Waals surface area contributed by atoms with E-state index in [1.807, 2.05) is 23.9 Å². The second-order valence-electron chi connectivity index (χ2n) is 4.81. The Morgan fingerprint density at radius 2 is 2.17 bits per heavy atom. The predicted molar refractivity (Wildman–Crippen MR) is 75.2 cm³/mol. The van der Waals surface area contributed by atoms with Gasteiger partial charge >= 0.3 is 5.97 Å². The standard InChI is InChI=1S/C14H19NO2S/c1-18-14(7-4-8-14)10-15-9-11-5-2-3-6-12(11)13(16)17/h2-3,5-6,15H,4,7-10H2,1H3,(H,16,17). The first kappa shape index (κ1) is 13.4. The number of aromatic carboxylic acids is 1. The zero-order valence-electron chi connectivity index (χ0n) is 10.6. The van der Waals surface area contributed by atoms with Crippen molar-refractivity contribution in [1.82, 2.24) is 5.32 Å². The minimum absolute atomic E-state index is 0.387. The zero-order valence-corrected chi connectivity index (χ0v) is 11.4. The summed E-state index contributed by atoms with van der Waals surface area (Å²) in [6.45, 7) is 1.59. The van der Waals surface area contributed by atoms with Crippen molar-refractivity contribution in [3.05, 3.63) is 35.4 Å². The number of rotatable bonds is 6. The van der Waals surface area contributed by atoms with Gasteiger partial charge in [0.25, 0.3) is 0 Å². The van der Waals surface area contributed by atoms with E-state index < -0.39 is 5.97 Å². The van der Waals surface area contributed by atoms with E-state index in [4.69, 9.17) is 5.11 Å². The van der Waals surface area contributed by atoms with Crippen molar-refractivity contribution in [3.8, 4) is 0 Å². The number of carbonyl (C=O) groups is 1. The summed E-state index contributed by atoms with van der Waals surface area (Å²) in [5, 5.41) is 12.5. The Kier molecular flexibility index (Phi) is 4.30. The van der Waals surface area contributed by atoms with E-state index in [1.54, 1.807) is 12.1 Å². The summed E-state index contributed by atoms with van der Waals surface area (Å²) in [5.74, 6) is -0.851. The molecule has 0 radical (unpaired) electrons. The van der Waals surface area contributed by atoms with Crippen molar-refractivity contribution >= 4 is 17.7 Å². The molecule has 18 heavy (non-hydrogen) atoms. The Balaban J connectivity index is 1.92. The molecule has 98 valence electrons. The summed E-state index contributed by atoms with van der Waals surface area (Å²) in [6, 6.07) is 7.19. The lowest BCUT2D eigenvalue weighted by atomic mass is 9.84. The van der Waals surface area contributed by atoms with Gasteiger partial charge in [-0.05, 0) is 30.7 Å². The molecule has 1 aromatic carbocycles. The normalized spacial score (nSPS) is 17.2. The van der Waals surface area contributed by atoms with Crippen LogP contribution in [0.3, 0.4) is 0 Å². The Morgan fingerprint density at radius 1 is 1.44 bits per heavy atom. The Morgan fingerprint density at radius 3 is 2.72 bits per heavy atom. The van der Waals surface area contributed by atoms with Gasteiger partial charge in [0, 0.05) is 17.8 Å². The average molecular weight is 265 g/mol. The van der Waals surface area contributed by atoms with Crippen LogP contribution in [0.1, 0.15) is 35.2 Å². The third kappa shape index (κ3) is 2.87. The van der Waals surface area contributed by atoms with Crippen molar-refractivity contribution in [2.45, 2.75) is 30.6 Å². The van der Waals surface area contributed by atoms with Crippen LogP contribution in [0.2, 0.25) is 0 Å². The molecule has 2 N–H and O–H groups in total. The van der Waals surface area contributed by atoms with E-state index in [-0.39, 0.29) is 0 Å². The molecule has 0 amide bonds. The highest BCUT2D eigenvalue weighted by molar-refractivity contribution is 8.00. The number of hydrogen-bond acceptors (Lipinski definition) is 3. The van der Waals surface area contributed by atoms with Gasteiger partial charge in [0.15, 0.2) is 0 Å². The fourth-order valence-corrected chi connectivity index (χ4v) is 3.28. The van der Waals surface area contributed by atoms with Crippen LogP contribution >= 0.6 is 11.8 Å². The first-order valence-corrected chi connectivity index (χ1v) is 7.46. The molecule has 1 aliphatic carbocycles. The van der Waals surface area contributed by atoms with Gasteiger partial charge in [0.1, 0.15) is 0 Å². The van der Waals surface area contributed by atoms with Gasteiger partial charge < -0.3 is 10.4 Å². The molecule has 0 atom stereocenters. The smallest absolute Gasteiger partial charge is 0.336 e. The molecule has 0 bridgehead atoms. The van der Waals surface area contributed by atoms with Crippen LogP contribution < -0.4 is 5.32 Å². The van der Waals surface area contributed by atoms with E-state index in [0.717, 1.165) is 12.1 Å². The van der Waals surface area contributed by atoms with Crippen LogP contribution in [-0.4, -0.2) is 28.6 Å². The summed E-state index contributed by atoms with van der Waals surface area (Å²) in [6.07, 6.45) is 6.00. The summed E-state index contributed by atoms with van der Waals surface area (Å²) in [5.41, 5.74) is 1.26. The number of hydrogen-bond donors (Lipinski definition) is 2. The fourth-order valence-electron chi connectivity index (χ4n) is 2.33. The molecule has 1 saturated carbocycles. The van der Waals surface area contributed by atoms with Crippen molar-refractivity contribution < 1.29 is 9.90 Å². The number of nitrogens with one attached hydrogen (secondary N) is 1. The summed E-state index contributed by atoms with van der Waals surface area (Å²) >= 11 is 1.93. The minimum atomic E-state index is -0.851. The van der Waals surface area contributed by atoms with E-state index in [1.165, 1.54) is 19.3 Å². The molecular formula is C14H19NO2S. The summed E-state index contributed by atoms with van der Waals surface area (Å²) < 4.78 is 0.387. The number of thioether (sulfide) groups is 1. The molecule has 1 aliphatic rings. The second kappa shape index (κ2) is 5.76. The number of carboxylic acids is 1. The number of benzene rings is 1. The lowest BCUT2D eigenvalue weighted by molar-refractivity contribution is 0.0695. The van der Waals surface area contributed by atoms with Gasteiger partial charge in [-0.3, -0.25) is 0 Å². The highest BCUT2D eigenvalue weighted by Gasteiger charge is 2.35. The molecule has 3 nitrogen and oxygen atoms in total. The van der Waals surface area contributed by atoms with Gasteiger partial charge in [0.2, 0.25) is 0 Å². The molecule has 0 aliphatic heterocycles. The number of carboxylic acid groups (broad SMARTS) is 1. The molecule has 0 saturated heterocycles. The third-order valence-electron chi connectivity index (χ3n) is 3.71. The fraction of sp³-hybridized carbons (Fsp3) is 0.500. The first-order chi connectivity index (χ1) is 8.67. The Bertz CT molecular complexity index is 424. The predicted octanol–water partition coefficient (Wildman–Crippen LogP) is 2.76. The molecule has 0 spiro atoms. The Hall–Kier alpha value is -1.00. The van der Waals surface area contributed by atoms with Crippen molar-refractivity contribution in [2.24, 2.45) is 0 Å². The highest BCUT2D eigenvalue weighted by atomic mass is 32.2. The maximum Gasteiger partial charge on any atom is 0.336 e. The lowest BCUT2D eigenvalue weighted by Gasteiger charge is -2.40.